The highest BCUT2D eigenvalue weighted by Gasteiger charge is 2.19. The number of benzene rings is 1. The van der Waals surface area contributed by atoms with Crippen molar-refractivity contribution in [3.05, 3.63) is 29.8 Å². The van der Waals surface area contributed by atoms with Crippen LogP contribution in [0.4, 0.5) is 0 Å². The molecule has 5 heteroatoms. The van der Waals surface area contributed by atoms with Crippen molar-refractivity contribution in [1.82, 2.24) is 4.90 Å². The standard InChI is InChI=1S/C13H17NO3S/c1-3-8-14(9-12(15)16)13(17)10-6-4-5-7-11(10)18-2/h4-7H,3,8-9H2,1-2H3,(H,15,16). The van der Waals surface area contributed by atoms with Crippen LogP contribution in [0.2, 0.25) is 0 Å². The van der Waals surface area contributed by atoms with E-state index in [9.17, 15) is 9.59 Å². The highest BCUT2D eigenvalue weighted by atomic mass is 32.2. The molecule has 1 rings (SSSR count). The van der Waals surface area contributed by atoms with Gasteiger partial charge >= 0.3 is 5.97 Å². The normalized spacial score (nSPS) is 10.1. The number of aliphatic carboxylic acids is 1. The van der Waals surface area contributed by atoms with Crippen LogP contribution in [-0.2, 0) is 4.79 Å². The van der Waals surface area contributed by atoms with E-state index in [1.807, 2.05) is 25.3 Å². The lowest BCUT2D eigenvalue weighted by atomic mass is 10.2. The summed E-state index contributed by atoms with van der Waals surface area (Å²) in [5.74, 6) is -1.21. The maximum Gasteiger partial charge on any atom is 0.323 e. The van der Waals surface area contributed by atoms with E-state index in [-0.39, 0.29) is 12.5 Å². The maximum atomic E-state index is 12.3. The molecule has 0 saturated heterocycles. The molecule has 0 unspecified atom stereocenters. The zero-order valence-electron chi connectivity index (χ0n) is 10.5. The molecule has 98 valence electrons. The van der Waals surface area contributed by atoms with Gasteiger partial charge in [0.25, 0.3) is 5.91 Å². The SMILES string of the molecule is CCCN(CC(=O)O)C(=O)c1ccccc1SC. The van der Waals surface area contributed by atoms with E-state index in [0.29, 0.717) is 12.1 Å². The van der Waals surface area contributed by atoms with Crippen molar-refractivity contribution in [1.29, 1.82) is 0 Å². The Labute approximate surface area is 111 Å². The predicted octanol–water partition coefficient (Wildman–Crippen LogP) is 2.35. The fourth-order valence-corrected chi connectivity index (χ4v) is 2.27. The van der Waals surface area contributed by atoms with Crippen molar-refractivity contribution in [3.63, 3.8) is 0 Å². The van der Waals surface area contributed by atoms with E-state index in [2.05, 4.69) is 0 Å². The lowest BCUT2D eigenvalue weighted by molar-refractivity contribution is -0.137. The molecule has 0 aliphatic heterocycles. The van der Waals surface area contributed by atoms with E-state index in [0.717, 1.165) is 11.3 Å². The van der Waals surface area contributed by atoms with Gasteiger partial charge in [0, 0.05) is 11.4 Å². The number of carbonyl (C=O) groups is 2. The first kappa shape index (κ1) is 14.6. The molecule has 0 aliphatic carbocycles. The Morgan fingerprint density at radius 1 is 1.33 bits per heavy atom. The minimum absolute atomic E-state index is 0.218. The Morgan fingerprint density at radius 3 is 2.56 bits per heavy atom. The number of carbonyl (C=O) groups excluding carboxylic acids is 1. The molecule has 0 atom stereocenters. The summed E-state index contributed by atoms with van der Waals surface area (Å²) in [5.41, 5.74) is 0.569. The number of hydrogen-bond acceptors (Lipinski definition) is 3. The van der Waals surface area contributed by atoms with Crippen LogP contribution in [0.15, 0.2) is 29.2 Å². The van der Waals surface area contributed by atoms with Gasteiger partial charge in [0.1, 0.15) is 6.54 Å². The Morgan fingerprint density at radius 2 is 2.00 bits per heavy atom. The second kappa shape index (κ2) is 7.06. The minimum atomic E-state index is -0.988. The molecule has 0 aromatic heterocycles. The summed E-state index contributed by atoms with van der Waals surface area (Å²) in [6.07, 6.45) is 2.63. The van der Waals surface area contributed by atoms with Crippen LogP contribution in [0.1, 0.15) is 23.7 Å². The van der Waals surface area contributed by atoms with Gasteiger partial charge in [0.15, 0.2) is 0 Å². The number of rotatable bonds is 6. The summed E-state index contributed by atoms with van der Waals surface area (Å²) in [7, 11) is 0. The smallest absolute Gasteiger partial charge is 0.323 e. The summed E-state index contributed by atoms with van der Waals surface area (Å²) in [4.78, 5) is 25.3. The van der Waals surface area contributed by atoms with Crippen molar-refractivity contribution < 1.29 is 14.7 Å². The summed E-state index contributed by atoms with van der Waals surface area (Å²) in [6, 6.07) is 7.25. The summed E-state index contributed by atoms with van der Waals surface area (Å²) in [5, 5.41) is 8.83. The highest BCUT2D eigenvalue weighted by Crippen LogP contribution is 2.21. The van der Waals surface area contributed by atoms with Crippen LogP contribution in [-0.4, -0.2) is 41.2 Å². The zero-order chi connectivity index (χ0) is 13.5. The summed E-state index contributed by atoms with van der Waals surface area (Å²) in [6.45, 7) is 2.12. The average Bonchev–Trinajstić information content (AvgIpc) is 2.37. The van der Waals surface area contributed by atoms with E-state index in [4.69, 9.17) is 5.11 Å². The lowest BCUT2D eigenvalue weighted by Crippen LogP contribution is -2.36. The van der Waals surface area contributed by atoms with Gasteiger partial charge in [-0.3, -0.25) is 9.59 Å². The van der Waals surface area contributed by atoms with E-state index in [1.54, 1.807) is 12.1 Å². The summed E-state index contributed by atoms with van der Waals surface area (Å²) < 4.78 is 0. The van der Waals surface area contributed by atoms with Gasteiger partial charge in [-0.25, -0.2) is 0 Å². The van der Waals surface area contributed by atoms with E-state index < -0.39 is 5.97 Å². The molecule has 18 heavy (non-hydrogen) atoms. The van der Waals surface area contributed by atoms with E-state index in [1.165, 1.54) is 16.7 Å². The Balaban J connectivity index is 2.97. The van der Waals surface area contributed by atoms with Crippen molar-refractivity contribution >= 4 is 23.6 Å². The van der Waals surface area contributed by atoms with Crippen LogP contribution >= 0.6 is 11.8 Å². The third kappa shape index (κ3) is 3.77. The van der Waals surface area contributed by atoms with Gasteiger partial charge in [-0.05, 0) is 24.8 Å². The quantitative estimate of drug-likeness (QED) is 0.804. The van der Waals surface area contributed by atoms with Gasteiger partial charge in [0.05, 0.1) is 5.56 Å². The molecule has 0 bridgehead atoms. The Hall–Kier alpha value is -1.49. The number of carboxylic acids is 1. The lowest BCUT2D eigenvalue weighted by Gasteiger charge is -2.21. The second-order valence-electron chi connectivity index (χ2n) is 3.82. The molecule has 1 amide bonds. The first-order chi connectivity index (χ1) is 8.60. The van der Waals surface area contributed by atoms with Crippen molar-refractivity contribution in [2.45, 2.75) is 18.2 Å². The summed E-state index contributed by atoms with van der Waals surface area (Å²) >= 11 is 1.48. The average molecular weight is 267 g/mol. The Kier molecular flexibility index (Phi) is 5.71. The van der Waals surface area contributed by atoms with Crippen LogP contribution in [0.3, 0.4) is 0 Å². The van der Waals surface area contributed by atoms with Gasteiger partial charge < -0.3 is 10.0 Å². The third-order valence-electron chi connectivity index (χ3n) is 2.44. The zero-order valence-corrected chi connectivity index (χ0v) is 11.4. The van der Waals surface area contributed by atoms with Crippen molar-refractivity contribution in [2.24, 2.45) is 0 Å². The second-order valence-corrected chi connectivity index (χ2v) is 4.67. The number of nitrogens with zero attached hydrogens (tertiary/aromatic N) is 1. The predicted molar refractivity (Wildman–Crippen MR) is 72.1 cm³/mol. The van der Waals surface area contributed by atoms with Crippen molar-refractivity contribution in [3.8, 4) is 0 Å². The van der Waals surface area contributed by atoms with Gasteiger partial charge in [-0.2, -0.15) is 0 Å². The fourth-order valence-electron chi connectivity index (χ4n) is 1.68. The monoisotopic (exact) mass is 267 g/mol. The van der Waals surface area contributed by atoms with Crippen LogP contribution in [0, 0.1) is 0 Å². The van der Waals surface area contributed by atoms with Gasteiger partial charge in [-0.15, -0.1) is 11.8 Å². The highest BCUT2D eigenvalue weighted by molar-refractivity contribution is 7.98. The van der Waals surface area contributed by atoms with Crippen molar-refractivity contribution in [2.75, 3.05) is 19.3 Å². The third-order valence-corrected chi connectivity index (χ3v) is 3.24. The first-order valence-electron chi connectivity index (χ1n) is 5.74. The van der Waals surface area contributed by atoms with Crippen LogP contribution in [0.5, 0.6) is 0 Å². The van der Waals surface area contributed by atoms with Crippen LogP contribution < -0.4 is 0 Å². The fraction of sp³-hybridized carbons (Fsp3) is 0.385. The van der Waals surface area contributed by atoms with Gasteiger partial charge in [0.2, 0.25) is 0 Å². The first-order valence-corrected chi connectivity index (χ1v) is 6.96. The topological polar surface area (TPSA) is 57.6 Å². The maximum absolute atomic E-state index is 12.3. The molecule has 4 nitrogen and oxygen atoms in total. The molecule has 0 fully saturated rings. The number of hydrogen-bond donors (Lipinski definition) is 1. The molecule has 1 N–H and O–H groups in total. The molecule has 1 aromatic rings. The molecule has 0 heterocycles. The van der Waals surface area contributed by atoms with E-state index >= 15 is 0 Å². The molecule has 0 aliphatic rings. The molecule has 0 saturated carbocycles. The molecular formula is C13H17NO3S. The Bertz CT molecular complexity index is 434. The number of carboxylic acid groups (broad SMARTS) is 1. The largest absolute Gasteiger partial charge is 0.480 e. The molecule has 1 aromatic carbocycles. The molecule has 0 spiro atoms. The number of thioether (sulfide) groups is 1. The minimum Gasteiger partial charge on any atom is -0.480 e. The molecule has 0 radical (unpaired) electrons. The van der Waals surface area contributed by atoms with Crippen LogP contribution in [0.25, 0.3) is 0 Å². The molecular weight excluding hydrogens is 250 g/mol. The van der Waals surface area contributed by atoms with Gasteiger partial charge in [-0.1, -0.05) is 19.1 Å². The number of amides is 1.